The lowest BCUT2D eigenvalue weighted by Gasteiger charge is -2.34. The second kappa shape index (κ2) is 4.99. The molecule has 1 aromatic carbocycles. The lowest BCUT2D eigenvalue weighted by atomic mass is 9.76. The number of ether oxygens (including phenoxy) is 1. The third-order valence-electron chi connectivity index (χ3n) is 7.65. The molecule has 2 heteroatoms. The summed E-state index contributed by atoms with van der Waals surface area (Å²) in [6.07, 6.45) is 10.3. The molecule has 4 saturated carbocycles. The van der Waals surface area contributed by atoms with Gasteiger partial charge in [0.2, 0.25) is 0 Å². The van der Waals surface area contributed by atoms with E-state index >= 15 is 0 Å². The summed E-state index contributed by atoms with van der Waals surface area (Å²) in [5, 5.41) is 11.4. The van der Waals surface area contributed by atoms with Gasteiger partial charge in [0.1, 0.15) is 5.75 Å². The van der Waals surface area contributed by atoms with Crippen LogP contribution < -0.4 is 4.74 Å². The molecule has 4 aliphatic rings. The fraction of sp³-hybridized carbons (Fsp3) is 0.714. The van der Waals surface area contributed by atoms with Gasteiger partial charge in [0.15, 0.2) is 0 Å². The van der Waals surface area contributed by atoms with Gasteiger partial charge < -0.3 is 9.84 Å². The number of rotatable bonds is 3. The fourth-order valence-corrected chi connectivity index (χ4v) is 6.51. The van der Waals surface area contributed by atoms with Crippen molar-refractivity contribution in [2.45, 2.75) is 62.9 Å². The number of methoxy groups -OCH3 is 1. The first-order valence-corrected chi connectivity index (χ1v) is 9.57. The number of hydrogen-bond acceptors (Lipinski definition) is 2. The molecule has 0 heterocycles. The zero-order valence-electron chi connectivity index (χ0n) is 14.1. The van der Waals surface area contributed by atoms with Crippen molar-refractivity contribution in [1.29, 1.82) is 0 Å². The Morgan fingerprint density at radius 2 is 1.87 bits per heavy atom. The smallest absolute Gasteiger partial charge is 0.119 e. The van der Waals surface area contributed by atoms with Crippen LogP contribution in [0, 0.1) is 23.7 Å². The van der Waals surface area contributed by atoms with Crippen LogP contribution in [0.2, 0.25) is 0 Å². The number of benzene rings is 1. The minimum Gasteiger partial charge on any atom is -0.497 e. The summed E-state index contributed by atoms with van der Waals surface area (Å²) >= 11 is 0. The third-order valence-corrected chi connectivity index (χ3v) is 7.65. The fourth-order valence-electron chi connectivity index (χ4n) is 6.51. The molecule has 4 aliphatic carbocycles. The Balaban J connectivity index is 1.53. The van der Waals surface area contributed by atoms with Crippen molar-refractivity contribution >= 4 is 0 Å². The highest BCUT2D eigenvalue weighted by Crippen LogP contribution is 2.57. The van der Waals surface area contributed by atoms with Crippen molar-refractivity contribution in [3.63, 3.8) is 0 Å². The van der Waals surface area contributed by atoms with Gasteiger partial charge in [-0.3, -0.25) is 0 Å². The maximum atomic E-state index is 11.4. The monoisotopic (exact) mass is 312 g/mol. The summed E-state index contributed by atoms with van der Waals surface area (Å²) in [6.45, 7) is 0. The van der Waals surface area contributed by atoms with E-state index < -0.39 is 5.60 Å². The van der Waals surface area contributed by atoms with E-state index in [1.54, 1.807) is 7.11 Å². The van der Waals surface area contributed by atoms with E-state index in [2.05, 4.69) is 18.2 Å². The Labute approximate surface area is 139 Å². The van der Waals surface area contributed by atoms with Crippen molar-refractivity contribution in [3.8, 4) is 5.75 Å². The third kappa shape index (κ3) is 2.10. The van der Waals surface area contributed by atoms with Gasteiger partial charge in [-0.25, -0.2) is 0 Å². The molecule has 6 atom stereocenters. The average molecular weight is 312 g/mol. The van der Waals surface area contributed by atoms with Gasteiger partial charge in [-0.05, 0) is 97.8 Å². The molecule has 0 saturated heterocycles. The molecule has 4 fully saturated rings. The van der Waals surface area contributed by atoms with Crippen LogP contribution in [0.3, 0.4) is 0 Å². The lowest BCUT2D eigenvalue weighted by molar-refractivity contribution is -0.0184. The highest BCUT2D eigenvalue weighted by molar-refractivity contribution is 5.41. The Hall–Kier alpha value is -1.02. The first kappa shape index (κ1) is 14.3. The molecule has 2 nitrogen and oxygen atoms in total. The lowest BCUT2D eigenvalue weighted by Crippen LogP contribution is -2.32. The van der Waals surface area contributed by atoms with Crippen LogP contribution in [-0.4, -0.2) is 12.2 Å². The molecular weight excluding hydrogens is 284 g/mol. The zero-order valence-corrected chi connectivity index (χ0v) is 14.1. The molecule has 0 aromatic heterocycles. The summed E-state index contributed by atoms with van der Waals surface area (Å²) in [6, 6.07) is 6.69. The van der Waals surface area contributed by atoms with Gasteiger partial charge >= 0.3 is 0 Å². The molecule has 23 heavy (non-hydrogen) atoms. The van der Waals surface area contributed by atoms with Crippen LogP contribution in [0.5, 0.6) is 5.75 Å². The largest absolute Gasteiger partial charge is 0.497 e. The summed E-state index contributed by atoms with van der Waals surface area (Å²) in [5.74, 6) is 4.66. The molecule has 0 amide bonds. The van der Waals surface area contributed by atoms with Gasteiger partial charge in [0.25, 0.3) is 0 Å². The molecule has 6 unspecified atom stereocenters. The van der Waals surface area contributed by atoms with E-state index in [0.717, 1.165) is 35.5 Å². The van der Waals surface area contributed by atoms with Crippen molar-refractivity contribution in [1.82, 2.24) is 0 Å². The van der Waals surface area contributed by atoms with Crippen LogP contribution in [0.1, 0.15) is 68.4 Å². The molecule has 4 bridgehead atoms. The Morgan fingerprint density at radius 1 is 1.00 bits per heavy atom. The van der Waals surface area contributed by atoms with Crippen molar-refractivity contribution in [3.05, 3.63) is 29.3 Å². The van der Waals surface area contributed by atoms with E-state index in [1.165, 1.54) is 50.5 Å². The minimum atomic E-state index is -0.593. The molecular formula is C21H28O2. The molecule has 1 N–H and O–H groups in total. The second-order valence-electron chi connectivity index (χ2n) is 8.78. The molecule has 0 spiro atoms. The molecule has 124 valence electrons. The average Bonchev–Trinajstić information content (AvgIpc) is 3.34. The number of aliphatic hydroxyl groups is 1. The van der Waals surface area contributed by atoms with Gasteiger partial charge in [0, 0.05) is 0 Å². The van der Waals surface area contributed by atoms with Gasteiger partial charge in [-0.2, -0.15) is 0 Å². The number of fused-ring (bicyclic) bond motifs is 4. The van der Waals surface area contributed by atoms with E-state index in [0.29, 0.717) is 11.8 Å². The van der Waals surface area contributed by atoms with Crippen molar-refractivity contribution < 1.29 is 9.84 Å². The van der Waals surface area contributed by atoms with Crippen LogP contribution in [-0.2, 0) is 5.60 Å². The maximum absolute atomic E-state index is 11.4. The van der Waals surface area contributed by atoms with Crippen molar-refractivity contribution in [2.75, 3.05) is 7.11 Å². The highest BCUT2D eigenvalue weighted by Gasteiger charge is 2.51. The quantitative estimate of drug-likeness (QED) is 0.883. The SMILES string of the molecule is COc1cc(C2CC3CCC2C3)cc(C2(O)CC3CCC2C3)c1. The van der Waals surface area contributed by atoms with E-state index in [1.807, 2.05) is 0 Å². The molecule has 1 aromatic rings. The second-order valence-corrected chi connectivity index (χ2v) is 8.78. The Morgan fingerprint density at radius 3 is 2.48 bits per heavy atom. The van der Waals surface area contributed by atoms with Gasteiger partial charge in [-0.15, -0.1) is 0 Å². The first-order valence-electron chi connectivity index (χ1n) is 9.57. The predicted octanol–water partition coefficient (Wildman–Crippen LogP) is 4.61. The van der Waals surface area contributed by atoms with Gasteiger partial charge in [0.05, 0.1) is 12.7 Å². The van der Waals surface area contributed by atoms with Gasteiger partial charge in [-0.1, -0.05) is 12.5 Å². The normalized spacial score (nSPS) is 44.2. The molecule has 0 aliphatic heterocycles. The predicted molar refractivity (Wildman–Crippen MR) is 90.5 cm³/mol. The van der Waals surface area contributed by atoms with Crippen LogP contribution in [0.15, 0.2) is 18.2 Å². The van der Waals surface area contributed by atoms with E-state index in [4.69, 9.17) is 4.74 Å². The van der Waals surface area contributed by atoms with Crippen LogP contribution in [0.25, 0.3) is 0 Å². The Kier molecular flexibility index (Phi) is 3.11. The molecule has 0 radical (unpaired) electrons. The maximum Gasteiger partial charge on any atom is 0.119 e. The summed E-state index contributed by atoms with van der Waals surface area (Å²) in [5.41, 5.74) is 1.98. The molecule has 5 rings (SSSR count). The highest BCUT2D eigenvalue weighted by atomic mass is 16.5. The zero-order chi connectivity index (χ0) is 15.6. The topological polar surface area (TPSA) is 29.5 Å². The van der Waals surface area contributed by atoms with Crippen LogP contribution >= 0.6 is 0 Å². The summed E-state index contributed by atoms with van der Waals surface area (Å²) in [7, 11) is 1.76. The Bertz CT molecular complexity index is 624. The van der Waals surface area contributed by atoms with E-state index in [-0.39, 0.29) is 0 Å². The van der Waals surface area contributed by atoms with E-state index in [9.17, 15) is 5.11 Å². The van der Waals surface area contributed by atoms with Crippen LogP contribution in [0.4, 0.5) is 0 Å². The summed E-state index contributed by atoms with van der Waals surface area (Å²) < 4.78 is 5.61. The summed E-state index contributed by atoms with van der Waals surface area (Å²) in [4.78, 5) is 0. The van der Waals surface area contributed by atoms with Crippen molar-refractivity contribution in [2.24, 2.45) is 23.7 Å². The first-order chi connectivity index (χ1) is 11.2. The standard InChI is InChI=1S/C21H28O2/c1-23-19-10-16(20-8-13-2-4-15(20)6-13)9-18(11-19)21(22)12-14-3-5-17(21)7-14/h9-11,13-15,17,20,22H,2-8,12H2,1H3. The number of hydrogen-bond donors (Lipinski definition) is 1. The minimum absolute atomic E-state index is 0.465.